The lowest BCUT2D eigenvalue weighted by atomic mass is 9.84. The third kappa shape index (κ3) is 3.82. The van der Waals surface area contributed by atoms with Crippen LogP contribution in [-0.4, -0.2) is 9.97 Å². The number of hydrogen-bond donors (Lipinski definition) is 0. The smallest absolute Gasteiger partial charge is 0.0705 e. The minimum atomic E-state index is 0.134. The quantitative estimate of drug-likeness (QED) is 0.362. The maximum absolute atomic E-state index is 4.79. The van der Waals surface area contributed by atoms with E-state index in [0.717, 1.165) is 18.4 Å². The minimum absolute atomic E-state index is 0.134. The van der Waals surface area contributed by atoms with E-state index in [-0.39, 0.29) is 5.92 Å². The van der Waals surface area contributed by atoms with Gasteiger partial charge in [-0.3, -0.25) is 9.97 Å². The zero-order valence-corrected chi connectivity index (χ0v) is 18.0. The van der Waals surface area contributed by atoms with Crippen LogP contribution < -0.4 is 0 Å². The van der Waals surface area contributed by atoms with Gasteiger partial charge in [0.2, 0.25) is 0 Å². The van der Waals surface area contributed by atoms with Gasteiger partial charge in [0.05, 0.1) is 5.52 Å². The summed E-state index contributed by atoms with van der Waals surface area (Å²) in [6.07, 6.45) is 14.9. The van der Waals surface area contributed by atoms with Gasteiger partial charge in [-0.1, -0.05) is 60.2 Å². The second-order valence-corrected chi connectivity index (χ2v) is 8.35. The highest BCUT2D eigenvalue weighted by Gasteiger charge is 2.19. The molecular weight excluding hydrogens is 376 g/mol. The predicted molar refractivity (Wildman–Crippen MR) is 129 cm³/mol. The van der Waals surface area contributed by atoms with Crippen molar-refractivity contribution in [3.63, 3.8) is 0 Å². The van der Waals surface area contributed by atoms with Crippen LogP contribution >= 0.6 is 0 Å². The molecule has 1 aliphatic rings. The molecule has 0 spiro atoms. The Balaban J connectivity index is 1.68. The molecule has 0 saturated carbocycles. The number of benzene rings is 2. The molecular formula is C29H26N2. The summed E-state index contributed by atoms with van der Waals surface area (Å²) >= 11 is 0. The molecule has 0 aliphatic heterocycles. The SMILES string of the molecule is Cc1cccc(C(c2cccnc2)c2ccc3ncc(C4=CCCC=C4)c(C)c3c2)c1. The van der Waals surface area contributed by atoms with Crippen molar-refractivity contribution in [3.05, 3.63) is 125 Å². The highest BCUT2D eigenvalue weighted by Crippen LogP contribution is 2.35. The number of hydrogen-bond acceptors (Lipinski definition) is 2. The first-order chi connectivity index (χ1) is 15.2. The molecule has 5 rings (SSSR count). The van der Waals surface area contributed by atoms with E-state index in [0.29, 0.717) is 0 Å². The summed E-state index contributed by atoms with van der Waals surface area (Å²) < 4.78 is 0. The molecule has 0 N–H and O–H groups in total. The van der Waals surface area contributed by atoms with Crippen molar-refractivity contribution in [3.8, 4) is 0 Å². The molecule has 1 unspecified atom stereocenters. The molecule has 2 heteroatoms. The van der Waals surface area contributed by atoms with Crippen molar-refractivity contribution in [2.24, 2.45) is 0 Å². The molecule has 0 amide bonds. The number of aromatic nitrogens is 2. The Kier molecular flexibility index (Phi) is 5.21. The van der Waals surface area contributed by atoms with E-state index in [1.807, 2.05) is 24.7 Å². The molecule has 31 heavy (non-hydrogen) atoms. The maximum atomic E-state index is 4.79. The van der Waals surface area contributed by atoms with Crippen LogP contribution in [0.5, 0.6) is 0 Å². The number of aryl methyl sites for hydroxylation is 2. The topological polar surface area (TPSA) is 25.8 Å². The van der Waals surface area contributed by atoms with Crippen LogP contribution in [0.3, 0.4) is 0 Å². The average Bonchev–Trinajstić information content (AvgIpc) is 2.81. The van der Waals surface area contributed by atoms with Crippen molar-refractivity contribution in [1.82, 2.24) is 9.97 Å². The molecule has 0 saturated heterocycles. The standard InChI is InChI=1S/C29H26N2/c1-20-8-6-11-23(16-20)29(25-12-7-15-30-18-25)24-13-14-28-26(17-24)21(2)27(19-31-28)22-9-4-3-5-10-22/h4,6-19,29H,3,5H2,1-2H3. The minimum Gasteiger partial charge on any atom is -0.264 e. The van der Waals surface area contributed by atoms with Crippen LogP contribution in [0.25, 0.3) is 16.5 Å². The second kappa shape index (κ2) is 8.31. The highest BCUT2D eigenvalue weighted by molar-refractivity contribution is 5.89. The van der Waals surface area contributed by atoms with E-state index in [2.05, 4.69) is 85.6 Å². The van der Waals surface area contributed by atoms with Crippen molar-refractivity contribution < 1.29 is 0 Å². The van der Waals surface area contributed by atoms with Gasteiger partial charge in [0, 0.05) is 35.5 Å². The first kappa shape index (κ1) is 19.4. The molecule has 2 heterocycles. The van der Waals surface area contributed by atoms with Crippen molar-refractivity contribution >= 4 is 16.5 Å². The number of fused-ring (bicyclic) bond motifs is 1. The van der Waals surface area contributed by atoms with Crippen LogP contribution in [-0.2, 0) is 0 Å². The Bertz CT molecular complexity index is 1300. The Morgan fingerprint density at radius 1 is 0.839 bits per heavy atom. The van der Waals surface area contributed by atoms with E-state index in [9.17, 15) is 0 Å². The first-order valence-electron chi connectivity index (χ1n) is 10.9. The van der Waals surface area contributed by atoms with Gasteiger partial charge in [-0.25, -0.2) is 0 Å². The van der Waals surface area contributed by atoms with Crippen molar-refractivity contribution in [1.29, 1.82) is 0 Å². The average molecular weight is 403 g/mol. The summed E-state index contributed by atoms with van der Waals surface area (Å²) in [4.78, 5) is 9.20. The molecule has 2 aromatic heterocycles. The maximum Gasteiger partial charge on any atom is 0.0705 e. The van der Waals surface area contributed by atoms with Crippen LogP contribution in [0.2, 0.25) is 0 Å². The Hall–Kier alpha value is -3.52. The molecule has 1 atom stereocenters. The Morgan fingerprint density at radius 2 is 1.71 bits per heavy atom. The van der Waals surface area contributed by atoms with E-state index in [1.54, 1.807) is 0 Å². The zero-order valence-electron chi connectivity index (χ0n) is 18.0. The lowest BCUT2D eigenvalue weighted by molar-refractivity contribution is 0.962. The van der Waals surface area contributed by atoms with Crippen molar-refractivity contribution in [2.75, 3.05) is 0 Å². The third-order valence-corrected chi connectivity index (χ3v) is 6.19. The number of nitrogens with zero attached hydrogens (tertiary/aromatic N) is 2. The highest BCUT2D eigenvalue weighted by atomic mass is 14.7. The van der Waals surface area contributed by atoms with Gasteiger partial charge in [0.1, 0.15) is 0 Å². The van der Waals surface area contributed by atoms with E-state index in [4.69, 9.17) is 4.98 Å². The lowest BCUT2D eigenvalue weighted by Crippen LogP contribution is -2.05. The van der Waals surface area contributed by atoms with E-state index in [1.165, 1.54) is 44.3 Å². The van der Waals surface area contributed by atoms with Crippen LogP contribution in [0.4, 0.5) is 0 Å². The molecule has 0 fully saturated rings. The van der Waals surface area contributed by atoms with Gasteiger partial charge in [-0.2, -0.15) is 0 Å². The molecule has 4 aromatic rings. The summed E-state index contributed by atoms with van der Waals surface area (Å²) in [5, 5.41) is 1.22. The van der Waals surface area contributed by atoms with Gasteiger partial charge < -0.3 is 0 Å². The molecule has 152 valence electrons. The Labute approximate surface area is 184 Å². The van der Waals surface area contributed by atoms with E-state index < -0.39 is 0 Å². The van der Waals surface area contributed by atoms with Gasteiger partial charge in [-0.05, 0) is 72.7 Å². The summed E-state index contributed by atoms with van der Waals surface area (Å²) in [6, 6.07) is 19.7. The summed E-state index contributed by atoms with van der Waals surface area (Å²) in [6.45, 7) is 4.37. The van der Waals surface area contributed by atoms with Crippen LogP contribution in [0.1, 0.15) is 52.1 Å². The van der Waals surface area contributed by atoms with E-state index >= 15 is 0 Å². The summed E-state index contributed by atoms with van der Waals surface area (Å²) in [5.74, 6) is 0.134. The second-order valence-electron chi connectivity index (χ2n) is 8.35. The number of pyridine rings is 2. The molecule has 0 radical (unpaired) electrons. The Morgan fingerprint density at radius 3 is 2.48 bits per heavy atom. The molecule has 2 nitrogen and oxygen atoms in total. The van der Waals surface area contributed by atoms with Gasteiger partial charge in [0.15, 0.2) is 0 Å². The third-order valence-electron chi connectivity index (χ3n) is 6.19. The summed E-state index contributed by atoms with van der Waals surface area (Å²) in [7, 11) is 0. The molecule has 1 aliphatic carbocycles. The zero-order chi connectivity index (χ0) is 21.2. The van der Waals surface area contributed by atoms with Gasteiger partial charge >= 0.3 is 0 Å². The van der Waals surface area contributed by atoms with Crippen LogP contribution in [0.15, 0.2) is 91.4 Å². The monoisotopic (exact) mass is 402 g/mol. The fraction of sp³-hybridized carbons (Fsp3) is 0.172. The first-order valence-corrected chi connectivity index (χ1v) is 10.9. The van der Waals surface area contributed by atoms with Crippen molar-refractivity contribution in [2.45, 2.75) is 32.6 Å². The van der Waals surface area contributed by atoms with Gasteiger partial charge in [0.25, 0.3) is 0 Å². The predicted octanol–water partition coefficient (Wildman–Crippen LogP) is 7.16. The normalized spacial score (nSPS) is 14.5. The summed E-state index contributed by atoms with van der Waals surface area (Å²) in [5.41, 5.74) is 9.86. The lowest BCUT2D eigenvalue weighted by Gasteiger charge is -2.20. The fourth-order valence-electron chi connectivity index (χ4n) is 4.60. The molecule has 0 bridgehead atoms. The number of allylic oxidation sites excluding steroid dienone is 4. The van der Waals surface area contributed by atoms with Gasteiger partial charge in [-0.15, -0.1) is 0 Å². The largest absolute Gasteiger partial charge is 0.264 e. The molecule has 2 aromatic carbocycles. The number of rotatable bonds is 4. The van der Waals surface area contributed by atoms with Crippen LogP contribution in [0, 0.1) is 13.8 Å². The fourth-order valence-corrected chi connectivity index (χ4v) is 4.60.